The number of nitrogens with one attached hydrogen (secondary N) is 1. The van der Waals surface area contributed by atoms with Gasteiger partial charge < -0.3 is 15.3 Å². The monoisotopic (exact) mass is 452 g/mol. The first-order chi connectivity index (χ1) is 14.9. The molecule has 1 aliphatic carbocycles. The number of carbonyl (C=O) groups is 3. The van der Waals surface area contributed by atoms with Crippen molar-refractivity contribution in [2.75, 3.05) is 13.6 Å². The van der Waals surface area contributed by atoms with Crippen molar-refractivity contribution in [2.24, 2.45) is 17.3 Å². The summed E-state index contributed by atoms with van der Waals surface area (Å²) < 4.78 is 0. The van der Waals surface area contributed by atoms with Gasteiger partial charge in [-0.3, -0.25) is 9.59 Å². The largest absolute Gasteiger partial charge is 0.478 e. The average Bonchev–Trinajstić information content (AvgIpc) is 3.32. The fourth-order valence-electron chi connectivity index (χ4n) is 4.33. The molecule has 0 aromatic heterocycles. The van der Waals surface area contributed by atoms with Gasteiger partial charge in [-0.15, -0.1) is 0 Å². The summed E-state index contributed by atoms with van der Waals surface area (Å²) in [6.07, 6.45) is 11.3. The highest BCUT2D eigenvalue weighted by molar-refractivity contribution is 5.88. The van der Waals surface area contributed by atoms with Gasteiger partial charge in [0.1, 0.15) is 0 Å². The van der Waals surface area contributed by atoms with Crippen molar-refractivity contribution < 1.29 is 19.5 Å². The molecule has 32 heavy (non-hydrogen) atoms. The number of hydrogen-bond donors (Lipinski definition) is 2. The third kappa shape index (κ3) is 10.2. The second-order valence-electron chi connectivity index (χ2n) is 9.93. The van der Waals surface area contributed by atoms with Crippen LogP contribution in [0.15, 0.2) is 11.6 Å². The summed E-state index contributed by atoms with van der Waals surface area (Å²) in [5.74, 6) is -0.874. The maximum Gasteiger partial charge on any atom is 0.331 e. The van der Waals surface area contributed by atoms with Crippen molar-refractivity contribution >= 4 is 17.8 Å². The number of likely N-dealkylation sites (N-methyl/N-ethyl adjacent to an activating group) is 1. The molecule has 0 aromatic rings. The highest BCUT2D eigenvalue weighted by Gasteiger charge is 2.35. The third-order valence-electron chi connectivity index (χ3n) is 6.57. The summed E-state index contributed by atoms with van der Waals surface area (Å²) in [4.78, 5) is 38.0. The smallest absolute Gasteiger partial charge is 0.331 e. The van der Waals surface area contributed by atoms with Gasteiger partial charge in [-0.05, 0) is 38.0 Å². The molecule has 0 heterocycles. The minimum atomic E-state index is -1.00. The van der Waals surface area contributed by atoms with Crippen LogP contribution in [0.25, 0.3) is 0 Å². The van der Waals surface area contributed by atoms with Gasteiger partial charge in [-0.25, -0.2) is 4.79 Å². The Hall–Kier alpha value is -1.85. The van der Waals surface area contributed by atoms with Crippen molar-refractivity contribution in [1.29, 1.82) is 0 Å². The zero-order chi connectivity index (χ0) is 24.9. The Kier molecular flexibility index (Phi) is 14.2. The summed E-state index contributed by atoms with van der Waals surface area (Å²) in [7, 11) is 1.64. The van der Waals surface area contributed by atoms with E-state index < -0.39 is 11.4 Å². The van der Waals surface area contributed by atoms with Crippen LogP contribution in [0.5, 0.6) is 0 Å². The first-order valence-electron chi connectivity index (χ1n) is 12.4. The number of nitrogens with zero attached hydrogens (tertiary/aromatic N) is 1. The predicted molar refractivity (Wildman–Crippen MR) is 131 cm³/mol. The van der Waals surface area contributed by atoms with E-state index in [2.05, 4.69) is 19.2 Å². The Labute approximate surface area is 196 Å². The Morgan fingerprint density at radius 3 is 1.81 bits per heavy atom. The lowest BCUT2D eigenvalue weighted by molar-refractivity contribution is -0.137. The molecular weight excluding hydrogens is 404 g/mol. The number of carbonyl (C=O) groups excluding carboxylic acids is 2. The number of rotatable bonds is 11. The maximum atomic E-state index is 12.8. The van der Waals surface area contributed by atoms with E-state index in [1.165, 1.54) is 43.9 Å². The van der Waals surface area contributed by atoms with Gasteiger partial charge in [0, 0.05) is 18.0 Å². The Balaban J connectivity index is 0.00000167. The van der Waals surface area contributed by atoms with Crippen LogP contribution in [-0.4, -0.2) is 47.4 Å². The second kappa shape index (κ2) is 15.1. The van der Waals surface area contributed by atoms with E-state index >= 15 is 0 Å². The molecule has 2 amide bonds. The van der Waals surface area contributed by atoms with Crippen molar-refractivity contribution in [3.8, 4) is 0 Å². The molecule has 0 aliphatic heterocycles. The fraction of sp³-hybridized carbons (Fsp3) is 0.808. The van der Waals surface area contributed by atoms with Gasteiger partial charge in [0.2, 0.25) is 11.8 Å². The number of amides is 2. The quantitative estimate of drug-likeness (QED) is 0.410. The van der Waals surface area contributed by atoms with E-state index in [9.17, 15) is 14.4 Å². The van der Waals surface area contributed by atoms with Crippen molar-refractivity contribution in [2.45, 2.75) is 106 Å². The van der Waals surface area contributed by atoms with Crippen LogP contribution in [0, 0.1) is 17.3 Å². The molecule has 0 aromatic carbocycles. The zero-order valence-corrected chi connectivity index (χ0v) is 21.8. The molecule has 0 saturated heterocycles. The Bertz CT molecular complexity index is 610. The number of hydrogen-bond acceptors (Lipinski definition) is 3. The van der Waals surface area contributed by atoms with Crippen LogP contribution in [0.2, 0.25) is 0 Å². The van der Waals surface area contributed by atoms with E-state index in [-0.39, 0.29) is 35.9 Å². The standard InChI is InChI=1S/C21H38N2O4.C5H10/c1-9-21(10-2,12-14(3)4)20(27)22-13-18(24)23(8)17(15(5)6)11-16(7)19(25)26;1-2-4-5-3-1/h11,14-15,17H,9-10,12-13H2,1-8H3,(H,22,27)(H,25,26);1-5H2/b16-11+;/t17-;/m1./s1. The third-order valence-corrected chi connectivity index (χ3v) is 6.57. The maximum absolute atomic E-state index is 12.8. The molecule has 0 bridgehead atoms. The van der Waals surface area contributed by atoms with E-state index in [4.69, 9.17) is 5.11 Å². The average molecular weight is 453 g/mol. The number of carboxylic acid groups (broad SMARTS) is 1. The first-order valence-corrected chi connectivity index (χ1v) is 12.4. The SMILES string of the molecule is C1CCCC1.CCC(CC)(CC(C)C)C(=O)NCC(=O)N(C)[C@H](/C=C(\C)C(=O)O)C(C)C. The van der Waals surface area contributed by atoms with Gasteiger partial charge in [0.25, 0.3) is 0 Å². The summed E-state index contributed by atoms with van der Waals surface area (Å²) in [6, 6.07) is -0.344. The Morgan fingerprint density at radius 1 is 1.00 bits per heavy atom. The van der Waals surface area contributed by atoms with Crippen LogP contribution < -0.4 is 5.32 Å². The van der Waals surface area contributed by atoms with Crippen LogP contribution in [0.3, 0.4) is 0 Å². The van der Waals surface area contributed by atoms with Gasteiger partial charge in [0.05, 0.1) is 12.6 Å². The molecule has 1 atom stereocenters. The van der Waals surface area contributed by atoms with Crippen LogP contribution in [0.4, 0.5) is 0 Å². The molecule has 1 aliphatic rings. The highest BCUT2D eigenvalue weighted by Crippen LogP contribution is 2.34. The van der Waals surface area contributed by atoms with E-state index in [0.717, 1.165) is 19.3 Å². The Morgan fingerprint density at radius 2 is 1.47 bits per heavy atom. The lowest BCUT2D eigenvalue weighted by Gasteiger charge is -2.33. The summed E-state index contributed by atoms with van der Waals surface area (Å²) in [5.41, 5.74) is -0.255. The molecule has 1 rings (SSSR count). The molecule has 1 fully saturated rings. The van der Waals surface area contributed by atoms with Gasteiger partial charge in [0.15, 0.2) is 0 Å². The zero-order valence-electron chi connectivity index (χ0n) is 21.8. The predicted octanol–water partition coefficient (Wildman–Crippen LogP) is 5.42. The van der Waals surface area contributed by atoms with Gasteiger partial charge in [-0.1, -0.05) is 79.7 Å². The normalized spacial score (nSPS) is 15.2. The van der Waals surface area contributed by atoms with E-state index in [1.54, 1.807) is 13.1 Å². The summed E-state index contributed by atoms with van der Waals surface area (Å²) in [5, 5.41) is 11.9. The van der Waals surface area contributed by atoms with Crippen molar-refractivity contribution in [3.63, 3.8) is 0 Å². The number of carboxylic acids is 1. The number of aliphatic carboxylic acids is 1. The molecule has 0 unspecified atom stereocenters. The lowest BCUT2D eigenvalue weighted by atomic mass is 9.75. The van der Waals surface area contributed by atoms with E-state index in [0.29, 0.717) is 5.92 Å². The van der Waals surface area contributed by atoms with Crippen LogP contribution in [-0.2, 0) is 14.4 Å². The van der Waals surface area contributed by atoms with Crippen LogP contribution in [0.1, 0.15) is 99.8 Å². The molecule has 6 heteroatoms. The van der Waals surface area contributed by atoms with E-state index in [1.807, 2.05) is 27.7 Å². The molecule has 2 N–H and O–H groups in total. The first kappa shape index (κ1) is 30.1. The summed E-state index contributed by atoms with van der Waals surface area (Å²) in [6.45, 7) is 13.5. The highest BCUT2D eigenvalue weighted by atomic mass is 16.4. The molecule has 0 spiro atoms. The van der Waals surface area contributed by atoms with Crippen molar-refractivity contribution in [1.82, 2.24) is 10.2 Å². The van der Waals surface area contributed by atoms with Crippen molar-refractivity contribution in [3.05, 3.63) is 11.6 Å². The molecule has 6 nitrogen and oxygen atoms in total. The fourth-order valence-corrected chi connectivity index (χ4v) is 4.33. The minimum absolute atomic E-state index is 0.0512. The molecule has 1 saturated carbocycles. The molecule has 186 valence electrons. The van der Waals surface area contributed by atoms with Gasteiger partial charge in [-0.2, -0.15) is 0 Å². The molecular formula is C26H48N2O4. The molecule has 0 radical (unpaired) electrons. The second-order valence-corrected chi connectivity index (χ2v) is 9.93. The summed E-state index contributed by atoms with van der Waals surface area (Å²) >= 11 is 0. The minimum Gasteiger partial charge on any atom is -0.478 e. The topological polar surface area (TPSA) is 86.7 Å². The lowest BCUT2D eigenvalue weighted by Crippen LogP contribution is -2.48. The van der Waals surface area contributed by atoms with Gasteiger partial charge >= 0.3 is 5.97 Å². The van der Waals surface area contributed by atoms with Crippen LogP contribution >= 0.6 is 0 Å².